The second kappa shape index (κ2) is 7.22. The van der Waals surface area contributed by atoms with Crippen LogP contribution in [-0.4, -0.2) is 73.0 Å². The Kier molecular flexibility index (Phi) is 5.60. The van der Waals surface area contributed by atoms with E-state index in [1.807, 2.05) is 0 Å². The van der Waals surface area contributed by atoms with Gasteiger partial charge in [0.25, 0.3) is 0 Å². The standard InChI is InChI=1S/C20H38N2O2/c1-5-21-9-11-22(12-10-21)15-17(23)7-13-24-18-14-16-6-8-20(18,4)19(16,2)3/h16-18,23H,5-15H2,1-4H3/t16-,17+,18-,20-/m0/s1. The first-order valence-electron chi connectivity index (χ1n) is 10.1. The highest BCUT2D eigenvalue weighted by atomic mass is 16.5. The molecule has 0 radical (unpaired) electrons. The topological polar surface area (TPSA) is 35.9 Å². The Morgan fingerprint density at radius 2 is 1.79 bits per heavy atom. The molecule has 3 aliphatic rings. The minimum atomic E-state index is -0.252. The lowest BCUT2D eigenvalue weighted by Crippen LogP contribution is -2.48. The molecule has 4 heteroatoms. The first-order valence-corrected chi connectivity index (χ1v) is 10.1. The van der Waals surface area contributed by atoms with Gasteiger partial charge in [-0.2, -0.15) is 0 Å². The smallest absolute Gasteiger partial charge is 0.0689 e. The molecule has 1 heterocycles. The van der Waals surface area contributed by atoms with Crippen LogP contribution in [0, 0.1) is 16.7 Å². The SMILES string of the molecule is CCN1CCN(C[C@H](O)CCO[C@H]2C[C@@H]3CC[C@]2(C)C3(C)C)CC1. The lowest BCUT2D eigenvalue weighted by atomic mass is 9.70. The van der Waals surface area contributed by atoms with Gasteiger partial charge in [0.2, 0.25) is 0 Å². The molecule has 2 aliphatic carbocycles. The summed E-state index contributed by atoms with van der Waals surface area (Å²) in [6.07, 6.45) is 4.81. The van der Waals surface area contributed by atoms with Crippen LogP contribution in [0.3, 0.4) is 0 Å². The van der Waals surface area contributed by atoms with Crippen molar-refractivity contribution in [3.63, 3.8) is 0 Å². The van der Waals surface area contributed by atoms with Gasteiger partial charge in [-0.15, -0.1) is 0 Å². The predicted molar refractivity (Wildman–Crippen MR) is 98.1 cm³/mol. The van der Waals surface area contributed by atoms with Crippen LogP contribution in [0.15, 0.2) is 0 Å². The van der Waals surface area contributed by atoms with Gasteiger partial charge in [-0.05, 0) is 49.0 Å². The second-order valence-corrected chi connectivity index (χ2v) is 9.15. The maximum absolute atomic E-state index is 10.4. The first-order chi connectivity index (χ1) is 11.4. The lowest BCUT2D eigenvalue weighted by Gasteiger charge is -2.39. The summed E-state index contributed by atoms with van der Waals surface area (Å²) in [5, 5.41) is 10.4. The Balaban J connectivity index is 1.37. The van der Waals surface area contributed by atoms with Crippen molar-refractivity contribution in [3.05, 3.63) is 0 Å². The van der Waals surface area contributed by atoms with Gasteiger partial charge in [0.05, 0.1) is 12.2 Å². The molecule has 1 aliphatic heterocycles. The van der Waals surface area contributed by atoms with Gasteiger partial charge in [-0.25, -0.2) is 0 Å². The molecule has 1 N–H and O–H groups in total. The molecule has 0 unspecified atom stereocenters. The van der Waals surface area contributed by atoms with Crippen molar-refractivity contribution in [1.29, 1.82) is 0 Å². The Hall–Kier alpha value is -0.160. The normalized spacial score (nSPS) is 37.9. The van der Waals surface area contributed by atoms with E-state index in [9.17, 15) is 5.11 Å². The summed E-state index contributed by atoms with van der Waals surface area (Å²) in [5.74, 6) is 0.826. The van der Waals surface area contributed by atoms with Crippen LogP contribution in [0.5, 0.6) is 0 Å². The third-order valence-corrected chi connectivity index (χ3v) is 7.87. The number of aliphatic hydroxyl groups is 1. The minimum Gasteiger partial charge on any atom is -0.392 e. The van der Waals surface area contributed by atoms with Crippen molar-refractivity contribution in [3.8, 4) is 0 Å². The molecule has 4 nitrogen and oxygen atoms in total. The maximum atomic E-state index is 10.4. The first kappa shape index (κ1) is 18.6. The van der Waals surface area contributed by atoms with Crippen LogP contribution < -0.4 is 0 Å². The monoisotopic (exact) mass is 338 g/mol. The van der Waals surface area contributed by atoms with Crippen molar-refractivity contribution in [2.75, 3.05) is 45.9 Å². The van der Waals surface area contributed by atoms with Crippen LogP contribution in [0.2, 0.25) is 0 Å². The molecule has 0 amide bonds. The Morgan fingerprint density at radius 3 is 2.33 bits per heavy atom. The van der Waals surface area contributed by atoms with Crippen molar-refractivity contribution < 1.29 is 9.84 Å². The van der Waals surface area contributed by atoms with Crippen molar-refractivity contribution in [2.24, 2.45) is 16.7 Å². The van der Waals surface area contributed by atoms with E-state index in [1.165, 1.54) is 19.3 Å². The summed E-state index contributed by atoms with van der Waals surface area (Å²) in [7, 11) is 0. The Labute approximate surface area is 148 Å². The molecule has 2 saturated carbocycles. The van der Waals surface area contributed by atoms with Gasteiger partial charge < -0.3 is 14.7 Å². The van der Waals surface area contributed by atoms with E-state index in [-0.39, 0.29) is 6.10 Å². The summed E-state index contributed by atoms with van der Waals surface area (Å²) < 4.78 is 6.28. The molecule has 3 rings (SSSR count). The minimum absolute atomic E-state index is 0.252. The molecule has 0 aromatic rings. The zero-order chi connectivity index (χ0) is 17.4. The van der Waals surface area contributed by atoms with Crippen molar-refractivity contribution >= 4 is 0 Å². The highest BCUT2D eigenvalue weighted by molar-refractivity contribution is 5.11. The number of fused-ring (bicyclic) bond motifs is 2. The summed E-state index contributed by atoms with van der Waals surface area (Å²) in [4.78, 5) is 4.88. The summed E-state index contributed by atoms with van der Waals surface area (Å²) >= 11 is 0. The zero-order valence-corrected chi connectivity index (χ0v) is 16.3. The van der Waals surface area contributed by atoms with Gasteiger partial charge in [-0.3, -0.25) is 4.90 Å². The van der Waals surface area contributed by atoms with Gasteiger partial charge in [0.15, 0.2) is 0 Å². The average molecular weight is 339 g/mol. The van der Waals surface area contributed by atoms with Gasteiger partial charge in [0, 0.05) is 39.3 Å². The molecule has 4 atom stereocenters. The van der Waals surface area contributed by atoms with Gasteiger partial charge in [-0.1, -0.05) is 27.7 Å². The molecular formula is C20H38N2O2. The van der Waals surface area contributed by atoms with Crippen LogP contribution in [0.1, 0.15) is 53.4 Å². The summed E-state index contributed by atoms with van der Waals surface area (Å²) in [6.45, 7) is 16.6. The fourth-order valence-electron chi connectivity index (χ4n) is 5.41. The van der Waals surface area contributed by atoms with E-state index >= 15 is 0 Å². The molecule has 1 saturated heterocycles. The van der Waals surface area contributed by atoms with Gasteiger partial charge in [0.1, 0.15) is 0 Å². The molecular weight excluding hydrogens is 300 g/mol. The highest BCUT2D eigenvalue weighted by Crippen LogP contribution is 2.66. The number of β-amino-alcohol motifs (C(OH)–C–C–N with tert-alkyl or cyclic N) is 1. The molecule has 3 fully saturated rings. The van der Waals surface area contributed by atoms with E-state index in [4.69, 9.17) is 4.74 Å². The Morgan fingerprint density at radius 1 is 1.12 bits per heavy atom. The lowest BCUT2D eigenvalue weighted by molar-refractivity contribution is -0.0570. The quantitative estimate of drug-likeness (QED) is 0.774. The number of aliphatic hydroxyl groups excluding tert-OH is 1. The number of rotatable bonds is 7. The van der Waals surface area contributed by atoms with E-state index in [0.29, 0.717) is 23.5 Å². The van der Waals surface area contributed by atoms with E-state index in [0.717, 1.165) is 51.6 Å². The molecule has 0 spiro atoms. The van der Waals surface area contributed by atoms with Crippen LogP contribution in [-0.2, 0) is 4.74 Å². The van der Waals surface area contributed by atoms with Gasteiger partial charge >= 0.3 is 0 Å². The number of piperazine rings is 1. The molecule has 24 heavy (non-hydrogen) atoms. The zero-order valence-electron chi connectivity index (χ0n) is 16.3. The number of ether oxygens (including phenoxy) is 1. The fraction of sp³-hybridized carbons (Fsp3) is 1.00. The third kappa shape index (κ3) is 3.40. The second-order valence-electron chi connectivity index (χ2n) is 9.15. The third-order valence-electron chi connectivity index (χ3n) is 7.87. The van der Waals surface area contributed by atoms with E-state index in [1.54, 1.807) is 0 Å². The number of likely N-dealkylation sites (N-methyl/N-ethyl adjacent to an activating group) is 1. The Bertz CT molecular complexity index is 420. The number of hydrogen-bond donors (Lipinski definition) is 1. The fourth-order valence-corrected chi connectivity index (χ4v) is 5.41. The van der Waals surface area contributed by atoms with Crippen molar-refractivity contribution in [2.45, 2.75) is 65.6 Å². The van der Waals surface area contributed by atoms with Crippen LogP contribution in [0.25, 0.3) is 0 Å². The molecule has 2 bridgehead atoms. The van der Waals surface area contributed by atoms with E-state index < -0.39 is 0 Å². The largest absolute Gasteiger partial charge is 0.392 e. The van der Waals surface area contributed by atoms with Crippen LogP contribution in [0.4, 0.5) is 0 Å². The van der Waals surface area contributed by atoms with E-state index in [2.05, 4.69) is 37.5 Å². The molecule has 0 aromatic carbocycles. The average Bonchev–Trinajstić information content (AvgIpc) is 2.89. The summed E-state index contributed by atoms with van der Waals surface area (Å²) in [6, 6.07) is 0. The van der Waals surface area contributed by atoms with Crippen molar-refractivity contribution in [1.82, 2.24) is 9.80 Å². The molecule has 140 valence electrons. The maximum Gasteiger partial charge on any atom is 0.0689 e. The highest BCUT2D eigenvalue weighted by Gasteiger charge is 2.61. The number of hydrogen-bond acceptors (Lipinski definition) is 4. The predicted octanol–water partition coefficient (Wildman–Crippen LogP) is 2.61. The van der Waals surface area contributed by atoms with Crippen LogP contribution >= 0.6 is 0 Å². The molecule has 0 aromatic heterocycles. The number of nitrogens with zero attached hydrogens (tertiary/aromatic N) is 2. The summed E-state index contributed by atoms with van der Waals surface area (Å²) in [5.41, 5.74) is 0.744.